The number of amides is 1. The van der Waals surface area contributed by atoms with Gasteiger partial charge in [0.25, 0.3) is 0 Å². The van der Waals surface area contributed by atoms with Crippen molar-refractivity contribution < 1.29 is 19.4 Å². The number of hydrogen-bond donors (Lipinski definition) is 2. The van der Waals surface area contributed by atoms with Gasteiger partial charge in [-0.3, -0.25) is 4.79 Å². The number of hydrogen-bond acceptors (Lipinski definition) is 4. The summed E-state index contributed by atoms with van der Waals surface area (Å²) in [5.74, 6) is 0.119. The van der Waals surface area contributed by atoms with Crippen LogP contribution in [0.3, 0.4) is 0 Å². The van der Waals surface area contributed by atoms with Gasteiger partial charge in [-0.25, -0.2) is 4.79 Å². The summed E-state index contributed by atoms with van der Waals surface area (Å²) in [6.45, 7) is 0. The molecule has 2 aliphatic rings. The first-order valence-electron chi connectivity index (χ1n) is 7.41. The van der Waals surface area contributed by atoms with Crippen LogP contribution in [0.25, 0.3) is 0 Å². The molecule has 1 aliphatic carbocycles. The maximum atomic E-state index is 12.5. The van der Waals surface area contributed by atoms with Gasteiger partial charge in [-0.15, -0.1) is 0 Å². The third kappa shape index (κ3) is 1.95. The molecular formula is C18H12N2O4. The smallest absolute Gasteiger partial charge is 0.449 e. The zero-order valence-electron chi connectivity index (χ0n) is 12.4. The van der Waals surface area contributed by atoms with Crippen LogP contribution >= 0.6 is 0 Å². The maximum Gasteiger partial charge on any atom is 0.511 e. The minimum atomic E-state index is -1.39. The highest BCUT2D eigenvalue weighted by molar-refractivity contribution is 6.10. The van der Waals surface area contributed by atoms with E-state index in [2.05, 4.69) is 11.4 Å². The average Bonchev–Trinajstić information content (AvgIpc) is 3.26. The molecule has 6 heteroatoms. The normalized spacial score (nSPS) is 23.3. The van der Waals surface area contributed by atoms with Crippen LogP contribution in [0.5, 0.6) is 5.75 Å². The average molecular weight is 320 g/mol. The minimum Gasteiger partial charge on any atom is -0.449 e. The molecule has 118 valence electrons. The predicted octanol–water partition coefficient (Wildman–Crippen LogP) is 2.99. The van der Waals surface area contributed by atoms with Crippen molar-refractivity contribution in [1.82, 2.24) is 0 Å². The van der Waals surface area contributed by atoms with Gasteiger partial charge in [0, 0.05) is 11.6 Å². The number of anilines is 1. The van der Waals surface area contributed by atoms with Crippen molar-refractivity contribution in [3.63, 3.8) is 0 Å². The van der Waals surface area contributed by atoms with E-state index in [1.54, 1.807) is 24.3 Å². The number of carbonyl (C=O) groups excluding carboxylic acids is 1. The Labute approximate surface area is 137 Å². The maximum absolute atomic E-state index is 12.5. The highest BCUT2D eigenvalue weighted by atomic mass is 16.7. The van der Waals surface area contributed by atoms with Crippen LogP contribution in [-0.4, -0.2) is 17.2 Å². The van der Waals surface area contributed by atoms with E-state index in [1.165, 1.54) is 6.07 Å². The zero-order chi connectivity index (χ0) is 16.9. The summed E-state index contributed by atoms with van der Waals surface area (Å²) in [5.41, 5.74) is 2.33. The standard InChI is InChI=1S/C18H12N2O4/c19-9-10-1-3-11(4-2-10)14-8-18(14)13-7-12(24-17(22)23)5-6-15(13)20-16(18)21/h1-7,14H,8H2,(H,20,21)(H,22,23)/t14-,18-/m0/s1. The second-order valence-corrected chi connectivity index (χ2v) is 5.99. The third-order valence-corrected chi connectivity index (χ3v) is 4.73. The summed E-state index contributed by atoms with van der Waals surface area (Å²) >= 11 is 0. The van der Waals surface area contributed by atoms with E-state index < -0.39 is 11.6 Å². The van der Waals surface area contributed by atoms with Crippen molar-refractivity contribution >= 4 is 17.7 Å². The molecular weight excluding hydrogens is 308 g/mol. The molecule has 1 saturated carbocycles. The fraction of sp³-hybridized carbons (Fsp3) is 0.167. The van der Waals surface area contributed by atoms with E-state index in [0.29, 0.717) is 17.7 Å². The van der Waals surface area contributed by atoms with Gasteiger partial charge in [-0.05, 0) is 47.9 Å². The van der Waals surface area contributed by atoms with E-state index in [9.17, 15) is 9.59 Å². The molecule has 1 amide bonds. The number of nitrogens with one attached hydrogen (secondary N) is 1. The zero-order valence-corrected chi connectivity index (χ0v) is 12.4. The fourth-order valence-corrected chi connectivity index (χ4v) is 3.53. The molecule has 1 fully saturated rings. The molecule has 2 atom stereocenters. The van der Waals surface area contributed by atoms with Gasteiger partial charge in [0.2, 0.25) is 5.91 Å². The summed E-state index contributed by atoms with van der Waals surface area (Å²) in [6.07, 6.45) is -0.741. The Morgan fingerprint density at radius 1 is 1.29 bits per heavy atom. The Hall–Kier alpha value is -3.33. The van der Waals surface area contributed by atoms with Crippen molar-refractivity contribution in [2.45, 2.75) is 17.8 Å². The molecule has 4 rings (SSSR count). The molecule has 0 radical (unpaired) electrons. The quantitative estimate of drug-likeness (QED) is 0.654. The molecule has 0 saturated heterocycles. The topological polar surface area (TPSA) is 99.4 Å². The van der Waals surface area contributed by atoms with Gasteiger partial charge >= 0.3 is 6.16 Å². The summed E-state index contributed by atoms with van der Waals surface area (Å²) in [5, 5.41) is 20.5. The number of nitrogens with zero attached hydrogens (tertiary/aromatic N) is 1. The van der Waals surface area contributed by atoms with E-state index in [0.717, 1.165) is 11.1 Å². The Kier molecular flexibility index (Phi) is 2.87. The molecule has 1 heterocycles. The highest BCUT2D eigenvalue weighted by Crippen LogP contribution is 2.65. The lowest BCUT2D eigenvalue weighted by atomic mass is 9.91. The van der Waals surface area contributed by atoms with Crippen molar-refractivity contribution in [3.8, 4) is 11.8 Å². The van der Waals surface area contributed by atoms with Crippen LogP contribution in [0.1, 0.15) is 29.0 Å². The van der Waals surface area contributed by atoms with Crippen LogP contribution in [-0.2, 0) is 10.2 Å². The lowest BCUT2D eigenvalue weighted by molar-refractivity contribution is -0.118. The number of nitriles is 1. The third-order valence-electron chi connectivity index (χ3n) is 4.73. The molecule has 2 aromatic rings. The summed E-state index contributed by atoms with van der Waals surface area (Å²) < 4.78 is 4.71. The number of carboxylic acid groups (broad SMARTS) is 1. The first kappa shape index (κ1) is 14.3. The number of ether oxygens (including phenoxy) is 1. The van der Waals surface area contributed by atoms with Gasteiger partial charge in [-0.1, -0.05) is 12.1 Å². The second-order valence-electron chi connectivity index (χ2n) is 5.99. The SMILES string of the molecule is N#Cc1ccc([C@@H]2C[C@@]23C(=O)Nc2ccc(OC(=O)O)cc23)cc1. The Morgan fingerprint density at radius 3 is 2.71 bits per heavy atom. The van der Waals surface area contributed by atoms with Crippen LogP contribution in [0, 0.1) is 11.3 Å². The minimum absolute atomic E-state index is 0.00608. The number of carbonyl (C=O) groups is 2. The van der Waals surface area contributed by atoms with Gasteiger partial charge in [0.15, 0.2) is 0 Å². The summed E-state index contributed by atoms with van der Waals surface area (Å²) in [7, 11) is 0. The first-order valence-corrected chi connectivity index (χ1v) is 7.41. The van der Waals surface area contributed by atoms with E-state index in [4.69, 9.17) is 15.1 Å². The van der Waals surface area contributed by atoms with Crippen molar-refractivity contribution in [3.05, 3.63) is 59.2 Å². The molecule has 0 bridgehead atoms. The van der Waals surface area contributed by atoms with Crippen LogP contribution in [0.15, 0.2) is 42.5 Å². The Balaban J connectivity index is 1.71. The lowest BCUT2D eigenvalue weighted by Gasteiger charge is -2.10. The fourth-order valence-electron chi connectivity index (χ4n) is 3.53. The molecule has 6 nitrogen and oxygen atoms in total. The Bertz CT molecular complexity index is 914. The molecule has 2 aromatic carbocycles. The van der Waals surface area contributed by atoms with Crippen molar-refractivity contribution in [2.75, 3.05) is 5.32 Å². The molecule has 0 aromatic heterocycles. The Morgan fingerprint density at radius 2 is 2.04 bits per heavy atom. The molecule has 24 heavy (non-hydrogen) atoms. The molecule has 1 aliphatic heterocycles. The number of fused-ring (bicyclic) bond motifs is 2. The second kappa shape index (κ2) is 4.83. The van der Waals surface area contributed by atoms with Crippen LogP contribution in [0.4, 0.5) is 10.5 Å². The number of rotatable bonds is 2. The van der Waals surface area contributed by atoms with Gasteiger partial charge < -0.3 is 15.2 Å². The lowest BCUT2D eigenvalue weighted by Crippen LogP contribution is -2.21. The molecule has 1 spiro atoms. The van der Waals surface area contributed by atoms with Crippen LogP contribution in [0.2, 0.25) is 0 Å². The highest BCUT2D eigenvalue weighted by Gasteiger charge is 2.65. The van der Waals surface area contributed by atoms with E-state index >= 15 is 0 Å². The summed E-state index contributed by atoms with van der Waals surface area (Å²) in [6, 6.07) is 14.1. The van der Waals surface area contributed by atoms with Crippen molar-refractivity contribution in [2.24, 2.45) is 0 Å². The summed E-state index contributed by atoms with van der Waals surface area (Å²) in [4.78, 5) is 23.3. The van der Waals surface area contributed by atoms with Gasteiger partial charge in [0.05, 0.1) is 17.0 Å². The van der Waals surface area contributed by atoms with Gasteiger partial charge in [-0.2, -0.15) is 5.26 Å². The van der Waals surface area contributed by atoms with E-state index in [1.807, 2.05) is 12.1 Å². The molecule has 2 N–H and O–H groups in total. The van der Waals surface area contributed by atoms with Gasteiger partial charge in [0.1, 0.15) is 5.75 Å². The predicted molar refractivity (Wildman–Crippen MR) is 83.9 cm³/mol. The number of benzene rings is 2. The largest absolute Gasteiger partial charge is 0.511 e. The van der Waals surface area contributed by atoms with Crippen molar-refractivity contribution in [1.29, 1.82) is 5.26 Å². The molecule has 0 unspecified atom stereocenters. The van der Waals surface area contributed by atoms with E-state index in [-0.39, 0.29) is 17.6 Å². The van der Waals surface area contributed by atoms with Crippen LogP contribution < -0.4 is 10.1 Å². The first-order chi connectivity index (χ1) is 11.5. The monoisotopic (exact) mass is 320 g/mol.